The highest BCUT2D eigenvalue weighted by molar-refractivity contribution is 8.00. The number of para-hydroxylation sites is 2. The number of fused-ring (bicyclic) bond motifs is 1. The molecule has 2 aromatic rings. The molecule has 2 aromatic carbocycles. The molecule has 0 fully saturated rings. The van der Waals surface area contributed by atoms with Crippen molar-refractivity contribution in [3.63, 3.8) is 0 Å². The highest BCUT2D eigenvalue weighted by Crippen LogP contribution is 2.41. The van der Waals surface area contributed by atoms with Crippen LogP contribution in [0.1, 0.15) is 44.6 Å². The third-order valence-corrected chi connectivity index (χ3v) is 6.87. The molecule has 1 aliphatic rings. The molecule has 1 heterocycles. The van der Waals surface area contributed by atoms with Gasteiger partial charge in [-0.2, -0.15) is 0 Å². The van der Waals surface area contributed by atoms with Crippen LogP contribution in [0.15, 0.2) is 54.6 Å². The highest BCUT2D eigenvalue weighted by Gasteiger charge is 2.38. The van der Waals surface area contributed by atoms with Crippen molar-refractivity contribution in [2.45, 2.75) is 50.4 Å². The molecule has 0 spiro atoms. The van der Waals surface area contributed by atoms with E-state index < -0.39 is 11.0 Å². The minimum atomic E-state index is -0.857. The zero-order valence-electron chi connectivity index (χ0n) is 18.7. The molecule has 0 atom stereocenters. The van der Waals surface area contributed by atoms with E-state index in [9.17, 15) is 14.7 Å². The predicted molar refractivity (Wildman–Crippen MR) is 132 cm³/mol. The van der Waals surface area contributed by atoms with Crippen molar-refractivity contribution in [3.8, 4) is 0 Å². The summed E-state index contributed by atoms with van der Waals surface area (Å²) in [4.78, 5) is 25.5. The Balaban J connectivity index is 1.55. The van der Waals surface area contributed by atoms with Gasteiger partial charge in [-0.3, -0.25) is 9.59 Å². The van der Waals surface area contributed by atoms with Gasteiger partial charge in [0.1, 0.15) is 0 Å². The molecule has 1 aliphatic heterocycles. The number of hydrogen-bond donors (Lipinski definition) is 3. The van der Waals surface area contributed by atoms with E-state index >= 15 is 0 Å². The van der Waals surface area contributed by atoms with Gasteiger partial charge in [-0.25, -0.2) is 0 Å². The van der Waals surface area contributed by atoms with Gasteiger partial charge in [0.05, 0.1) is 17.8 Å². The first kappa shape index (κ1) is 24.0. The van der Waals surface area contributed by atoms with Crippen LogP contribution in [0.25, 0.3) is 0 Å². The van der Waals surface area contributed by atoms with Crippen LogP contribution in [0, 0.1) is 0 Å². The number of nitrogens with zero attached hydrogens (tertiary/aromatic N) is 1. The van der Waals surface area contributed by atoms with Gasteiger partial charge < -0.3 is 20.6 Å². The fourth-order valence-electron chi connectivity index (χ4n) is 3.85. The Morgan fingerprint density at radius 2 is 1.62 bits per heavy atom. The lowest BCUT2D eigenvalue weighted by atomic mass is 10.1. The van der Waals surface area contributed by atoms with Gasteiger partial charge in [-0.05, 0) is 42.7 Å². The van der Waals surface area contributed by atoms with Crippen molar-refractivity contribution >= 4 is 35.0 Å². The highest BCUT2D eigenvalue weighted by atomic mass is 32.2. The first-order valence-corrected chi connectivity index (χ1v) is 12.3. The summed E-state index contributed by atoms with van der Waals surface area (Å²) in [6, 6.07) is 18.0. The Hall–Kier alpha value is -2.67. The molecule has 172 valence electrons. The molecule has 6 nitrogen and oxygen atoms in total. The molecule has 1 amide bonds. The van der Waals surface area contributed by atoms with E-state index in [4.69, 9.17) is 0 Å². The fraction of sp³-hybridized carbons (Fsp3) is 0.440. The molecule has 3 rings (SSSR count). The van der Waals surface area contributed by atoms with E-state index in [2.05, 4.69) is 29.7 Å². The second-order valence-corrected chi connectivity index (χ2v) is 9.51. The maximum Gasteiger partial charge on any atom is 0.308 e. The summed E-state index contributed by atoms with van der Waals surface area (Å²) < 4.78 is 0. The number of carboxylic acid groups (broad SMARTS) is 1. The van der Waals surface area contributed by atoms with Crippen molar-refractivity contribution < 1.29 is 14.7 Å². The van der Waals surface area contributed by atoms with Gasteiger partial charge in [-0.1, -0.05) is 55.8 Å². The molecule has 0 radical (unpaired) electrons. The van der Waals surface area contributed by atoms with Gasteiger partial charge in [0.15, 0.2) is 4.99 Å². The van der Waals surface area contributed by atoms with Crippen LogP contribution in [0.5, 0.6) is 0 Å². The summed E-state index contributed by atoms with van der Waals surface area (Å²) >= 11 is 1.56. The predicted octanol–water partition coefficient (Wildman–Crippen LogP) is 5.04. The van der Waals surface area contributed by atoms with Crippen molar-refractivity contribution in [2.75, 3.05) is 29.5 Å². The average Bonchev–Trinajstić information content (AvgIpc) is 3.15. The Bertz CT molecular complexity index is 866. The molecule has 0 bridgehead atoms. The number of thioether (sulfide) groups is 1. The van der Waals surface area contributed by atoms with Crippen molar-refractivity contribution in [1.29, 1.82) is 0 Å². The van der Waals surface area contributed by atoms with Gasteiger partial charge in [0, 0.05) is 19.5 Å². The Kier molecular flexibility index (Phi) is 8.85. The summed E-state index contributed by atoms with van der Waals surface area (Å²) in [5.41, 5.74) is 3.06. The largest absolute Gasteiger partial charge is 0.481 e. The molecule has 0 saturated heterocycles. The fourth-order valence-corrected chi connectivity index (χ4v) is 5.06. The molecule has 7 heteroatoms. The van der Waals surface area contributed by atoms with Crippen LogP contribution in [0.3, 0.4) is 0 Å². The van der Waals surface area contributed by atoms with Gasteiger partial charge in [0.2, 0.25) is 5.91 Å². The number of unbranched alkanes of at least 4 members (excludes halogenated alkanes) is 1. The summed E-state index contributed by atoms with van der Waals surface area (Å²) in [7, 11) is 0. The lowest BCUT2D eigenvalue weighted by Crippen LogP contribution is -2.41. The molecular weight excluding hydrogens is 422 g/mol. The smallest absolute Gasteiger partial charge is 0.308 e. The zero-order chi connectivity index (χ0) is 22.8. The summed E-state index contributed by atoms with van der Waals surface area (Å²) in [6.45, 7) is 3.48. The topological polar surface area (TPSA) is 81.7 Å². The summed E-state index contributed by atoms with van der Waals surface area (Å²) in [5.74, 6) is 0.0894. The quantitative estimate of drug-likeness (QED) is 0.367. The minimum absolute atomic E-state index is 0.0422. The maximum atomic E-state index is 12.7. The lowest BCUT2D eigenvalue weighted by molar-refractivity contribution is -0.137. The van der Waals surface area contributed by atoms with Crippen molar-refractivity contribution in [1.82, 2.24) is 4.90 Å². The Morgan fingerprint density at radius 3 is 2.25 bits per heavy atom. The molecule has 0 aromatic heterocycles. The molecule has 0 saturated carbocycles. The van der Waals surface area contributed by atoms with E-state index in [1.165, 1.54) is 5.56 Å². The van der Waals surface area contributed by atoms with E-state index in [0.29, 0.717) is 19.5 Å². The number of carboxylic acids is 1. The first-order valence-electron chi connectivity index (χ1n) is 11.3. The Labute approximate surface area is 194 Å². The van der Waals surface area contributed by atoms with Gasteiger partial charge >= 0.3 is 5.97 Å². The SMILES string of the molecule is CCCCC(=O)N(CCCSC1(CC(=O)O)Nc2ccccc2N1)CCc1ccccc1. The maximum absolute atomic E-state index is 12.7. The molecule has 3 N–H and O–H groups in total. The van der Waals surface area contributed by atoms with E-state index in [1.54, 1.807) is 11.8 Å². The van der Waals surface area contributed by atoms with Crippen molar-refractivity contribution in [3.05, 3.63) is 60.2 Å². The second kappa shape index (κ2) is 11.8. The number of nitrogens with one attached hydrogen (secondary N) is 2. The summed E-state index contributed by atoms with van der Waals surface area (Å²) in [6.07, 6.45) is 4.10. The Morgan fingerprint density at radius 1 is 0.969 bits per heavy atom. The van der Waals surface area contributed by atoms with Crippen LogP contribution in [0.4, 0.5) is 11.4 Å². The van der Waals surface area contributed by atoms with Crippen LogP contribution >= 0.6 is 11.8 Å². The summed E-state index contributed by atoms with van der Waals surface area (Å²) in [5, 5.41) is 16.2. The minimum Gasteiger partial charge on any atom is -0.481 e. The van der Waals surface area contributed by atoms with Crippen LogP contribution < -0.4 is 10.6 Å². The van der Waals surface area contributed by atoms with Gasteiger partial charge in [0.25, 0.3) is 0 Å². The monoisotopic (exact) mass is 455 g/mol. The van der Waals surface area contributed by atoms with E-state index in [-0.39, 0.29) is 12.3 Å². The number of anilines is 2. The molecule has 32 heavy (non-hydrogen) atoms. The average molecular weight is 456 g/mol. The number of hydrogen-bond acceptors (Lipinski definition) is 5. The third-order valence-electron chi connectivity index (χ3n) is 5.53. The molecule has 0 aliphatic carbocycles. The van der Waals surface area contributed by atoms with E-state index in [1.807, 2.05) is 47.4 Å². The third kappa shape index (κ3) is 6.92. The molecular formula is C25H33N3O3S. The lowest BCUT2D eigenvalue weighted by Gasteiger charge is -2.29. The normalized spacial score (nSPS) is 13.7. The van der Waals surface area contributed by atoms with E-state index in [0.717, 1.165) is 42.8 Å². The zero-order valence-corrected chi connectivity index (χ0v) is 19.5. The van der Waals surface area contributed by atoms with Crippen LogP contribution in [-0.2, 0) is 16.0 Å². The molecule has 0 unspecified atom stereocenters. The second-order valence-electron chi connectivity index (χ2n) is 8.12. The standard InChI is InChI=1S/C25H33N3O3S/c1-2-3-14-23(29)28(17-15-20-10-5-4-6-11-20)16-9-18-32-25(19-24(30)31)26-21-12-7-8-13-22(21)27-25/h4-8,10-13,26-27H,2-3,9,14-19H2,1H3,(H,30,31). The number of carbonyl (C=O) groups is 2. The number of benzene rings is 2. The van der Waals surface area contributed by atoms with Crippen LogP contribution in [-0.4, -0.2) is 45.7 Å². The number of amides is 1. The number of aliphatic carboxylic acids is 1. The number of rotatable bonds is 13. The first-order chi connectivity index (χ1) is 15.5. The van der Waals surface area contributed by atoms with Gasteiger partial charge in [-0.15, -0.1) is 11.8 Å². The number of carbonyl (C=O) groups excluding carboxylic acids is 1. The van der Waals surface area contributed by atoms with Crippen molar-refractivity contribution in [2.24, 2.45) is 0 Å². The van der Waals surface area contributed by atoms with Crippen LogP contribution in [0.2, 0.25) is 0 Å².